The number of ketones is 1. The lowest BCUT2D eigenvalue weighted by molar-refractivity contribution is 0.0691. The van der Waals surface area contributed by atoms with Gasteiger partial charge in [-0.05, 0) is 56.1 Å². The SMILES string of the molecule is Cc1c(C(=O)O)ccc(C(=O)CN)c1C(=O)O.Cc1cncc2cccc(S(=O)(=O)N3CCCNCC3)c12.Cl.Cl. The molecule has 1 aromatic heterocycles. The number of carbonyl (C=O) groups excluding carboxylic acids is 1. The molecule has 0 amide bonds. The summed E-state index contributed by atoms with van der Waals surface area (Å²) in [6.45, 7) is 5.57. The van der Waals surface area contributed by atoms with Crippen molar-refractivity contribution in [3.63, 3.8) is 0 Å². The Morgan fingerprint density at radius 3 is 2.27 bits per heavy atom. The number of carboxylic acid groups (broad SMARTS) is 2. The first-order valence-electron chi connectivity index (χ1n) is 11.9. The van der Waals surface area contributed by atoms with Gasteiger partial charge in [0.15, 0.2) is 5.78 Å². The largest absolute Gasteiger partial charge is 0.478 e. The topological polar surface area (TPSA) is 180 Å². The number of halogens is 2. The van der Waals surface area contributed by atoms with Gasteiger partial charge in [0.05, 0.1) is 22.6 Å². The van der Waals surface area contributed by atoms with E-state index in [-0.39, 0.29) is 53.6 Å². The fourth-order valence-corrected chi connectivity index (χ4v) is 6.11. The summed E-state index contributed by atoms with van der Waals surface area (Å²) >= 11 is 0. The summed E-state index contributed by atoms with van der Waals surface area (Å²) in [7, 11) is -3.47. The number of carboxylic acids is 2. The molecule has 0 saturated carbocycles. The number of rotatable bonds is 6. The van der Waals surface area contributed by atoms with Crippen molar-refractivity contribution in [3.8, 4) is 0 Å². The van der Waals surface area contributed by atoms with E-state index in [0.29, 0.717) is 24.5 Å². The van der Waals surface area contributed by atoms with Crippen LogP contribution in [0.5, 0.6) is 0 Å². The van der Waals surface area contributed by atoms with Crippen LogP contribution in [-0.4, -0.2) is 78.4 Å². The molecule has 1 aliphatic rings. The zero-order valence-electron chi connectivity index (χ0n) is 21.9. The highest BCUT2D eigenvalue weighted by Crippen LogP contribution is 2.28. The second kappa shape index (κ2) is 15.0. The fraction of sp³-hybridized carbons (Fsp3) is 0.308. The summed E-state index contributed by atoms with van der Waals surface area (Å²) in [5, 5.41) is 22.7. The Kier molecular flexibility index (Phi) is 13.1. The molecule has 2 heterocycles. The molecular formula is C26H32Cl2N4O7S. The molecule has 0 radical (unpaired) electrons. The number of pyridine rings is 1. The molecule has 3 aromatic rings. The van der Waals surface area contributed by atoms with Gasteiger partial charge in [0.1, 0.15) is 0 Å². The predicted molar refractivity (Wildman–Crippen MR) is 156 cm³/mol. The van der Waals surface area contributed by atoms with Crippen LogP contribution in [0.1, 0.15) is 48.6 Å². The number of nitrogens with one attached hydrogen (secondary N) is 1. The summed E-state index contributed by atoms with van der Waals surface area (Å²) in [6.07, 6.45) is 4.27. The van der Waals surface area contributed by atoms with E-state index >= 15 is 0 Å². The van der Waals surface area contributed by atoms with Crippen LogP contribution in [0.25, 0.3) is 10.8 Å². The third-order valence-electron chi connectivity index (χ3n) is 6.25. The van der Waals surface area contributed by atoms with Crippen LogP contribution in [0.15, 0.2) is 47.6 Å². The Morgan fingerprint density at radius 2 is 1.65 bits per heavy atom. The average Bonchev–Trinajstić information content (AvgIpc) is 3.18. The molecule has 1 aliphatic heterocycles. The van der Waals surface area contributed by atoms with Crippen molar-refractivity contribution < 1.29 is 33.0 Å². The molecular weight excluding hydrogens is 583 g/mol. The summed E-state index contributed by atoms with van der Waals surface area (Å²) in [5.41, 5.74) is 5.58. The highest BCUT2D eigenvalue weighted by Gasteiger charge is 2.27. The molecule has 11 nitrogen and oxygen atoms in total. The summed E-state index contributed by atoms with van der Waals surface area (Å²) in [6, 6.07) is 7.76. The van der Waals surface area contributed by atoms with E-state index in [1.165, 1.54) is 19.1 Å². The molecule has 2 aromatic carbocycles. The van der Waals surface area contributed by atoms with E-state index in [1.807, 2.05) is 13.0 Å². The van der Waals surface area contributed by atoms with Crippen LogP contribution < -0.4 is 11.1 Å². The minimum atomic E-state index is -3.47. The molecule has 1 saturated heterocycles. The number of aromatic nitrogens is 1. The van der Waals surface area contributed by atoms with Gasteiger partial charge in [0, 0.05) is 48.4 Å². The molecule has 5 N–H and O–H groups in total. The number of aryl methyl sites for hydroxylation is 1. The lowest BCUT2D eigenvalue weighted by Crippen LogP contribution is -2.34. The van der Waals surface area contributed by atoms with Gasteiger partial charge >= 0.3 is 11.9 Å². The van der Waals surface area contributed by atoms with Crippen LogP contribution in [0, 0.1) is 13.8 Å². The molecule has 0 aliphatic carbocycles. The van der Waals surface area contributed by atoms with Gasteiger partial charge in [0.25, 0.3) is 0 Å². The van der Waals surface area contributed by atoms with Crippen molar-refractivity contribution >= 4 is 63.3 Å². The van der Waals surface area contributed by atoms with Crippen molar-refractivity contribution in [2.75, 3.05) is 32.7 Å². The zero-order chi connectivity index (χ0) is 28.0. The van der Waals surface area contributed by atoms with Crippen molar-refractivity contribution in [2.24, 2.45) is 5.73 Å². The first-order valence-corrected chi connectivity index (χ1v) is 13.3. The number of carbonyl (C=O) groups is 3. The van der Waals surface area contributed by atoms with Crippen LogP contribution in [0.2, 0.25) is 0 Å². The van der Waals surface area contributed by atoms with Crippen molar-refractivity contribution in [1.82, 2.24) is 14.6 Å². The van der Waals surface area contributed by atoms with Gasteiger partial charge in [-0.15, -0.1) is 24.8 Å². The van der Waals surface area contributed by atoms with Gasteiger partial charge in [-0.3, -0.25) is 9.78 Å². The second-order valence-electron chi connectivity index (χ2n) is 8.72. The number of benzene rings is 2. The quantitative estimate of drug-likeness (QED) is 0.301. The highest BCUT2D eigenvalue weighted by molar-refractivity contribution is 7.89. The van der Waals surface area contributed by atoms with E-state index in [1.54, 1.807) is 28.8 Å². The number of nitrogens with zero attached hydrogens (tertiary/aromatic N) is 2. The molecule has 1 fully saturated rings. The second-order valence-corrected chi connectivity index (χ2v) is 10.6. The number of hydrogen-bond acceptors (Lipinski definition) is 8. The number of aromatic carboxylic acids is 2. The summed E-state index contributed by atoms with van der Waals surface area (Å²) in [4.78, 5) is 37.9. The molecule has 0 bridgehead atoms. The average molecular weight is 616 g/mol. The number of Topliss-reactive ketones (excluding diaryl/α,β-unsaturated/α-hetero) is 1. The van der Waals surface area contributed by atoms with Gasteiger partial charge in [-0.25, -0.2) is 18.0 Å². The molecule has 4 rings (SSSR count). The summed E-state index contributed by atoms with van der Waals surface area (Å²) < 4.78 is 27.6. The maximum absolute atomic E-state index is 13.0. The van der Waals surface area contributed by atoms with Crippen LogP contribution in [-0.2, 0) is 10.0 Å². The van der Waals surface area contributed by atoms with Crippen molar-refractivity contribution in [2.45, 2.75) is 25.2 Å². The first-order chi connectivity index (χ1) is 18.0. The molecule has 218 valence electrons. The predicted octanol–water partition coefficient (Wildman–Crippen LogP) is 2.90. The normalized spacial score (nSPS) is 13.6. The Labute approximate surface area is 244 Å². The summed E-state index contributed by atoms with van der Waals surface area (Å²) in [5.74, 6) is -3.12. The number of fused-ring (bicyclic) bond motifs is 1. The zero-order valence-corrected chi connectivity index (χ0v) is 24.4. The lowest BCUT2D eigenvalue weighted by atomic mass is 9.94. The van der Waals surface area contributed by atoms with E-state index in [2.05, 4.69) is 10.3 Å². The molecule has 40 heavy (non-hydrogen) atoms. The molecule has 14 heteroatoms. The van der Waals surface area contributed by atoms with Gasteiger partial charge in [-0.1, -0.05) is 12.1 Å². The number of hydrogen-bond donors (Lipinski definition) is 4. The van der Waals surface area contributed by atoms with Gasteiger partial charge < -0.3 is 21.3 Å². The smallest absolute Gasteiger partial charge is 0.336 e. The van der Waals surface area contributed by atoms with Crippen molar-refractivity contribution in [3.05, 3.63) is 70.5 Å². The number of sulfonamides is 1. The van der Waals surface area contributed by atoms with E-state index in [9.17, 15) is 22.8 Å². The first kappa shape index (κ1) is 34.9. The molecule has 0 unspecified atom stereocenters. The number of nitrogens with two attached hydrogens (primary N) is 1. The van der Waals surface area contributed by atoms with E-state index in [0.717, 1.165) is 29.3 Å². The Bertz CT molecular complexity index is 1490. The van der Waals surface area contributed by atoms with Crippen LogP contribution in [0.3, 0.4) is 0 Å². The minimum Gasteiger partial charge on any atom is -0.478 e. The lowest BCUT2D eigenvalue weighted by Gasteiger charge is -2.21. The molecule has 0 spiro atoms. The van der Waals surface area contributed by atoms with Crippen LogP contribution >= 0.6 is 24.8 Å². The van der Waals surface area contributed by atoms with Gasteiger partial charge in [-0.2, -0.15) is 4.31 Å². The molecule has 0 atom stereocenters. The maximum Gasteiger partial charge on any atom is 0.336 e. The fourth-order valence-electron chi connectivity index (χ4n) is 4.35. The standard InChI is InChI=1S/C15H19N3O2S.C11H11NO5.2ClH/c1-12-10-17-11-13-4-2-5-14(15(12)13)21(19,20)18-8-3-6-16-7-9-18;1-5-6(10(14)15)2-3-7(8(13)4-12)9(5)11(16)17;;/h2,4-5,10-11,16H,3,6-9H2,1H3;2-3H,4,12H2,1H3,(H,14,15)(H,16,17);2*1H. The monoisotopic (exact) mass is 614 g/mol. The highest BCUT2D eigenvalue weighted by atomic mass is 35.5. The third-order valence-corrected chi connectivity index (χ3v) is 8.19. The maximum atomic E-state index is 13.0. The Morgan fingerprint density at radius 1 is 0.975 bits per heavy atom. The Hall–Kier alpha value is -3.13. The van der Waals surface area contributed by atoms with Gasteiger partial charge in [0.2, 0.25) is 10.0 Å². The Balaban J connectivity index is 0.000000390. The van der Waals surface area contributed by atoms with Crippen LogP contribution in [0.4, 0.5) is 0 Å². The van der Waals surface area contributed by atoms with E-state index in [4.69, 9.17) is 15.9 Å². The minimum absolute atomic E-state index is 0. The van der Waals surface area contributed by atoms with E-state index < -0.39 is 27.7 Å². The third kappa shape index (κ3) is 7.53. The van der Waals surface area contributed by atoms with Crippen molar-refractivity contribution in [1.29, 1.82) is 0 Å².